The van der Waals surface area contributed by atoms with Gasteiger partial charge in [-0.25, -0.2) is 4.39 Å². The molecular weight excluding hydrogens is 305 g/mol. The van der Waals surface area contributed by atoms with E-state index in [4.69, 9.17) is 22.1 Å². The van der Waals surface area contributed by atoms with Crippen LogP contribution in [0.3, 0.4) is 0 Å². The van der Waals surface area contributed by atoms with Crippen molar-refractivity contribution in [3.8, 4) is 5.75 Å². The van der Waals surface area contributed by atoms with E-state index in [1.165, 1.54) is 12.1 Å². The number of anilines is 1. The molecule has 2 aromatic carbocycles. The van der Waals surface area contributed by atoms with E-state index < -0.39 is 0 Å². The third-order valence-corrected chi connectivity index (χ3v) is 3.29. The average molecular weight is 322 g/mol. The van der Waals surface area contributed by atoms with Gasteiger partial charge in [-0.2, -0.15) is 0 Å². The molecule has 0 heterocycles. The summed E-state index contributed by atoms with van der Waals surface area (Å²) in [7, 11) is 1.55. The molecule has 0 aliphatic carbocycles. The van der Waals surface area contributed by atoms with E-state index >= 15 is 0 Å². The van der Waals surface area contributed by atoms with Crippen molar-refractivity contribution in [3.63, 3.8) is 0 Å². The lowest BCUT2D eigenvalue weighted by Gasteiger charge is -2.08. The lowest BCUT2D eigenvalue weighted by molar-refractivity contribution is 0.415. The van der Waals surface area contributed by atoms with Gasteiger partial charge in [0, 0.05) is 12.2 Å². The Balaban J connectivity index is 1.91. The zero-order valence-corrected chi connectivity index (χ0v) is 12.9. The maximum absolute atomic E-state index is 13.0. The van der Waals surface area contributed by atoms with Gasteiger partial charge in [0.1, 0.15) is 11.6 Å². The van der Waals surface area contributed by atoms with E-state index in [1.807, 2.05) is 6.07 Å². The normalized spacial score (nSPS) is 11.3. The minimum atomic E-state index is -0.250. The molecule has 6 heteroatoms. The second-order valence-electron chi connectivity index (χ2n) is 4.62. The quantitative estimate of drug-likeness (QED) is 0.655. The molecule has 2 rings (SSSR count). The van der Waals surface area contributed by atoms with Crippen molar-refractivity contribution in [2.24, 2.45) is 10.7 Å². The Morgan fingerprint density at radius 2 is 2.14 bits per heavy atom. The first-order valence-corrected chi connectivity index (χ1v) is 7.11. The zero-order valence-electron chi connectivity index (χ0n) is 12.1. The summed E-state index contributed by atoms with van der Waals surface area (Å²) in [6.45, 7) is 0.464. The molecule has 2 aromatic rings. The predicted octanol–water partition coefficient (Wildman–Crippen LogP) is 3.46. The van der Waals surface area contributed by atoms with E-state index in [0.717, 1.165) is 11.3 Å². The van der Waals surface area contributed by atoms with Crippen LogP contribution >= 0.6 is 11.6 Å². The fourth-order valence-corrected chi connectivity index (χ4v) is 2.19. The van der Waals surface area contributed by atoms with Crippen LogP contribution in [0.2, 0.25) is 5.02 Å². The van der Waals surface area contributed by atoms with Crippen molar-refractivity contribution in [2.75, 3.05) is 19.0 Å². The van der Waals surface area contributed by atoms with Crippen LogP contribution in [0.5, 0.6) is 5.75 Å². The third kappa shape index (κ3) is 4.63. The standard InChI is InChI=1S/C16H17ClFN3O/c1-22-15-6-5-13(10-14(15)17)21-16(19)20-8-7-11-3-2-4-12(18)9-11/h2-6,9-10H,7-8H2,1H3,(H3,19,20,21). The first-order chi connectivity index (χ1) is 10.6. The van der Waals surface area contributed by atoms with Crippen LogP contribution in [0, 0.1) is 5.82 Å². The molecule has 0 unspecified atom stereocenters. The average Bonchev–Trinajstić information content (AvgIpc) is 2.47. The summed E-state index contributed by atoms with van der Waals surface area (Å²) in [5.41, 5.74) is 7.41. The lowest BCUT2D eigenvalue weighted by Crippen LogP contribution is -2.23. The highest BCUT2D eigenvalue weighted by atomic mass is 35.5. The van der Waals surface area contributed by atoms with Crippen molar-refractivity contribution in [3.05, 3.63) is 58.9 Å². The van der Waals surface area contributed by atoms with Crippen molar-refractivity contribution in [1.82, 2.24) is 0 Å². The van der Waals surface area contributed by atoms with Crippen LogP contribution in [0.4, 0.5) is 10.1 Å². The van der Waals surface area contributed by atoms with Gasteiger partial charge in [0.2, 0.25) is 0 Å². The van der Waals surface area contributed by atoms with E-state index in [0.29, 0.717) is 23.7 Å². The maximum atomic E-state index is 13.0. The van der Waals surface area contributed by atoms with Gasteiger partial charge >= 0.3 is 0 Å². The molecule has 0 aliphatic heterocycles. The molecule has 0 radical (unpaired) electrons. The van der Waals surface area contributed by atoms with Crippen LogP contribution in [-0.4, -0.2) is 19.6 Å². The molecule has 0 aliphatic rings. The number of guanidine groups is 1. The Morgan fingerprint density at radius 3 is 2.82 bits per heavy atom. The first-order valence-electron chi connectivity index (χ1n) is 6.73. The van der Waals surface area contributed by atoms with Crippen LogP contribution in [-0.2, 0) is 6.42 Å². The second kappa shape index (κ2) is 7.66. The molecule has 0 saturated heterocycles. The second-order valence-corrected chi connectivity index (χ2v) is 5.03. The molecule has 4 nitrogen and oxygen atoms in total. The van der Waals surface area contributed by atoms with Crippen LogP contribution < -0.4 is 15.8 Å². The smallest absolute Gasteiger partial charge is 0.193 e. The van der Waals surface area contributed by atoms with Crippen LogP contribution in [0.25, 0.3) is 0 Å². The SMILES string of the molecule is COc1ccc(NC(N)=NCCc2cccc(F)c2)cc1Cl. The van der Waals surface area contributed by atoms with E-state index in [-0.39, 0.29) is 11.8 Å². The van der Waals surface area contributed by atoms with Crippen molar-refractivity contribution in [2.45, 2.75) is 6.42 Å². The summed E-state index contributed by atoms with van der Waals surface area (Å²) in [5.74, 6) is 0.618. The molecule has 116 valence electrons. The predicted molar refractivity (Wildman–Crippen MR) is 88.2 cm³/mol. The summed E-state index contributed by atoms with van der Waals surface area (Å²) in [4.78, 5) is 4.20. The summed E-state index contributed by atoms with van der Waals surface area (Å²) < 4.78 is 18.1. The molecule has 0 fully saturated rings. The number of benzene rings is 2. The van der Waals surface area contributed by atoms with Crippen LogP contribution in [0.1, 0.15) is 5.56 Å². The monoisotopic (exact) mass is 321 g/mol. The maximum Gasteiger partial charge on any atom is 0.193 e. The number of rotatable bonds is 5. The molecule has 0 atom stereocenters. The number of halogens is 2. The van der Waals surface area contributed by atoms with E-state index in [9.17, 15) is 4.39 Å². The highest BCUT2D eigenvalue weighted by molar-refractivity contribution is 6.32. The highest BCUT2D eigenvalue weighted by Gasteiger charge is 2.02. The van der Waals surface area contributed by atoms with Gasteiger partial charge in [0.05, 0.1) is 12.1 Å². The molecular formula is C16H17ClFN3O. The Hall–Kier alpha value is -2.27. The third-order valence-electron chi connectivity index (χ3n) is 3.00. The number of ether oxygens (including phenoxy) is 1. The van der Waals surface area contributed by atoms with Gasteiger partial charge in [0.15, 0.2) is 5.96 Å². The molecule has 0 spiro atoms. The topological polar surface area (TPSA) is 59.6 Å². The first kappa shape index (κ1) is 16.1. The van der Waals surface area contributed by atoms with Crippen LogP contribution in [0.15, 0.2) is 47.5 Å². The number of nitrogens with zero attached hydrogens (tertiary/aromatic N) is 1. The number of hydrogen-bond acceptors (Lipinski definition) is 2. The molecule has 0 amide bonds. The fourth-order valence-electron chi connectivity index (χ4n) is 1.93. The number of hydrogen-bond donors (Lipinski definition) is 2. The molecule has 22 heavy (non-hydrogen) atoms. The fraction of sp³-hybridized carbons (Fsp3) is 0.188. The van der Waals surface area contributed by atoms with Gasteiger partial charge in [-0.3, -0.25) is 4.99 Å². The van der Waals surface area contributed by atoms with E-state index in [1.54, 1.807) is 31.4 Å². The summed E-state index contributed by atoms with van der Waals surface area (Å²) in [6.07, 6.45) is 0.615. The summed E-state index contributed by atoms with van der Waals surface area (Å²) >= 11 is 6.03. The highest BCUT2D eigenvalue weighted by Crippen LogP contribution is 2.26. The molecule has 0 bridgehead atoms. The minimum Gasteiger partial charge on any atom is -0.495 e. The Kier molecular flexibility index (Phi) is 5.61. The molecule has 0 aromatic heterocycles. The number of aliphatic imine (C=N–C) groups is 1. The van der Waals surface area contributed by atoms with Crippen molar-refractivity contribution >= 4 is 23.2 Å². The summed E-state index contributed by atoms with van der Waals surface area (Å²) in [5, 5.41) is 3.43. The van der Waals surface area contributed by atoms with E-state index in [2.05, 4.69) is 10.3 Å². The summed E-state index contributed by atoms with van der Waals surface area (Å²) in [6, 6.07) is 11.7. The molecule has 3 N–H and O–H groups in total. The Bertz CT molecular complexity index is 676. The van der Waals surface area contributed by atoms with Crippen molar-refractivity contribution < 1.29 is 9.13 Å². The van der Waals surface area contributed by atoms with Gasteiger partial charge < -0.3 is 15.8 Å². The number of methoxy groups -OCH3 is 1. The number of nitrogens with two attached hydrogens (primary N) is 1. The lowest BCUT2D eigenvalue weighted by atomic mass is 10.1. The van der Waals surface area contributed by atoms with Crippen molar-refractivity contribution in [1.29, 1.82) is 0 Å². The van der Waals surface area contributed by atoms with Gasteiger partial charge in [0.25, 0.3) is 0 Å². The van der Waals surface area contributed by atoms with Gasteiger partial charge in [-0.1, -0.05) is 23.7 Å². The largest absolute Gasteiger partial charge is 0.495 e. The zero-order chi connectivity index (χ0) is 15.9. The Morgan fingerprint density at radius 1 is 1.32 bits per heavy atom. The van der Waals surface area contributed by atoms with Gasteiger partial charge in [-0.05, 0) is 42.3 Å². The number of nitrogens with one attached hydrogen (secondary N) is 1. The molecule has 0 saturated carbocycles. The van der Waals surface area contributed by atoms with Gasteiger partial charge in [-0.15, -0.1) is 0 Å². The minimum absolute atomic E-state index is 0.250. The Labute approximate surface area is 133 Å².